The number of thioether (sulfide) groups is 1. The molecule has 1 unspecified atom stereocenters. The van der Waals surface area contributed by atoms with Crippen LogP contribution in [0.15, 0.2) is 52.5 Å². The third-order valence-corrected chi connectivity index (χ3v) is 5.46. The lowest BCUT2D eigenvalue weighted by molar-refractivity contribution is 0.180. The van der Waals surface area contributed by atoms with Crippen LogP contribution in [-0.4, -0.2) is 29.6 Å². The van der Waals surface area contributed by atoms with Crippen molar-refractivity contribution >= 4 is 29.2 Å². The van der Waals surface area contributed by atoms with Crippen LogP contribution in [0.5, 0.6) is 0 Å². The molecular formula is C21H26N4OS. The van der Waals surface area contributed by atoms with Crippen LogP contribution in [0.3, 0.4) is 0 Å². The molecule has 0 saturated carbocycles. The minimum absolute atomic E-state index is 0.130. The van der Waals surface area contributed by atoms with Gasteiger partial charge in [0.1, 0.15) is 0 Å². The summed E-state index contributed by atoms with van der Waals surface area (Å²) in [5.41, 5.74) is 10.5. The van der Waals surface area contributed by atoms with E-state index in [4.69, 9.17) is 10.8 Å². The standard InChI is InChI=1S/C21H26N4OS/c1-4-5-12-23-21(26)25-14(2)18-11-10-17(27-3)13-19(18)20(24-25)15-6-8-16(22)9-7-15/h6-11,13-14H,4-5,12,22H2,1-3H3,(H,23,26). The number of nitrogens with two attached hydrogens (primary N) is 1. The molecule has 6 heteroatoms. The molecule has 3 rings (SSSR count). The molecule has 2 aromatic carbocycles. The Morgan fingerprint density at radius 2 is 2.00 bits per heavy atom. The maximum Gasteiger partial charge on any atom is 0.338 e. The fourth-order valence-electron chi connectivity index (χ4n) is 3.14. The van der Waals surface area contributed by atoms with Crippen molar-refractivity contribution in [2.75, 3.05) is 18.5 Å². The van der Waals surface area contributed by atoms with Gasteiger partial charge in [-0.3, -0.25) is 0 Å². The summed E-state index contributed by atoms with van der Waals surface area (Å²) < 4.78 is 0. The van der Waals surface area contributed by atoms with Crippen molar-refractivity contribution in [1.29, 1.82) is 0 Å². The summed E-state index contributed by atoms with van der Waals surface area (Å²) in [4.78, 5) is 13.9. The first kappa shape index (κ1) is 19.3. The first-order chi connectivity index (χ1) is 13.0. The molecule has 27 heavy (non-hydrogen) atoms. The molecule has 5 nitrogen and oxygen atoms in total. The van der Waals surface area contributed by atoms with Gasteiger partial charge in [0.2, 0.25) is 0 Å². The Morgan fingerprint density at radius 1 is 1.26 bits per heavy atom. The molecule has 1 aliphatic rings. The van der Waals surface area contributed by atoms with E-state index in [1.54, 1.807) is 16.8 Å². The van der Waals surface area contributed by atoms with Gasteiger partial charge >= 0.3 is 6.03 Å². The summed E-state index contributed by atoms with van der Waals surface area (Å²) in [6, 6.07) is 13.7. The van der Waals surface area contributed by atoms with Crippen molar-refractivity contribution in [3.05, 3.63) is 59.2 Å². The maximum atomic E-state index is 12.7. The molecule has 1 aliphatic heterocycles. The van der Waals surface area contributed by atoms with Crippen LogP contribution in [-0.2, 0) is 0 Å². The van der Waals surface area contributed by atoms with E-state index < -0.39 is 0 Å². The number of anilines is 1. The highest BCUT2D eigenvalue weighted by Gasteiger charge is 2.30. The molecule has 2 amide bonds. The number of hydrogen-bond donors (Lipinski definition) is 2. The van der Waals surface area contributed by atoms with Crippen LogP contribution in [0.2, 0.25) is 0 Å². The molecule has 3 N–H and O–H groups in total. The first-order valence-electron chi connectivity index (χ1n) is 9.25. The molecule has 1 heterocycles. The van der Waals surface area contributed by atoms with Crippen molar-refractivity contribution in [3.8, 4) is 0 Å². The highest BCUT2D eigenvalue weighted by molar-refractivity contribution is 7.98. The zero-order chi connectivity index (χ0) is 19.4. The number of amides is 2. The largest absolute Gasteiger partial charge is 0.399 e. The Hall–Kier alpha value is -2.47. The number of carbonyl (C=O) groups is 1. The zero-order valence-electron chi connectivity index (χ0n) is 16.0. The molecule has 0 fully saturated rings. The zero-order valence-corrected chi connectivity index (χ0v) is 16.8. The van der Waals surface area contributed by atoms with Gasteiger partial charge in [-0.05, 0) is 49.4 Å². The summed E-state index contributed by atoms with van der Waals surface area (Å²) >= 11 is 1.70. The number of hydrogen-bond acceptors (Lipinski definition) is 4. The summed E-state index contributed by atoms with van der Waals surface area (Å²) in [6.45, 7) is 4.77. The Balaban J connectivity index is 2.04. The number of nitrogens with one attached hydrogen (secondary N) is 1. The first-order valence-corrected chi connectivity index (χ1v) is 10.5. The third kappa shape index (κ3) is 4.11. The average molecular weight is 383 g/mol. The fourth-order valence-corrected chi connectivity index (χ4v) is 3.58. The average Bonchev–Trinajstić information content (AvgIpc) is 2.69. The van der Waals surface area contributed by atoms with Crippen molar-refractivity contribution in [1.82, 2.24) is 10.3 Å². The van der Waals surface area contributed by atoms with E-state index in [1.165, 1.54) is 4.90 Å². The molecule has 2 aromatic rings. The number of rotatable bonds is 5. The van der Waals surface area contributed by atoms with E-state index in [0.717, 1.165) is 35.2 Å². The van der Waals surface area contributed by atoms with Crippen molar-refractivity contribution in [2.45, 2.75) is 37.6 Å². The number of carbonyl (C=O) groups excluding carboxylic acids is 1. The van der Waals surface area contributed by atoms with E-state index in [-0.39, 0.29) is 12.1 Å². The van der Waals surface area contributed by atoms with Gasteiger partial charge in [0.05, 0.1) is 11.8 Å². The summed E-state index contributed by atoms with van der Waals surface area (Å²) in [5.74, 6) is 0. The van der Waals surface area contributed by atoms with Crippen molar-refractivity contribution in [3.63, 3.8) is 0 Å². The molecule has 0 aliphatic carbocycles. The number of fused-ring (bicyclic) bond motifs is 1. The Morgan fingerprint density at radius 3 is 2.67 bits per heavy atom. The van der Waals surface area contributed by atoms with Gasteiger partial charge in [0.25, 0.3) is 0 Å². The quantitative estimate of drug-likeness (QED) is 0.450. The molecule has 0 aromatic heterocycles. The summed E-state index contributed by atoms with van der Waals surface area (Å²) in [7, 11) is 0. The molecule has 142 valence electrons. The van der Waals surface area contributed by atoms with Gasteiger partial charge in [0, 0.05) is 28.3 Å². The van der Waals surface area contributed by atoms with Crippen LogP contribution in [0.1, 0.15) is 49.4 Å². The second kappa shape index (κ2) is 8.48. The number of benzene rings is 2. The lowest BCUT2D eigenvalue weighted by Gasteiger charge is -2.32. The highest BCUT2D eigenvalue weighted by Crippen LogP contribution is 2.34. The van der Waals surface area contributed by atoms with Gasteiger partial charge in [-0.2, -0.15) is 5.10 Å². The van der Waals surface area contributed by atoms with Crippen LogP contribution < -0.4 is 11.1 Å². The van der Waals surface area contributed by atoms with E-state index in [1.807, 2.05) is 31.2 Å². The van der Waals surface area contributed by atoms with Gasteiger partial charge in [-0.15, -0.1) is 11.8 Å². The Labute approximate surface area is 165 Å². The number of unbranched alkanes of at least 4 members (excludes halogenated alkanes) is 1. The van der Waals surface area contributed by atoms with Crippen molar-refractivity contribution in [2.24, 2.45) is 5.10 Å². The van der Waals surface area contributed by atoms with E-state index in [2.05, 4.69) is 36.7 Å². The lowest BCUT2D eigenvalue weighted by atomic mass is 9.92. The van der Waals surface area contributed by atoms with Crippen LogP contribution in [0.25, 0.3) is 0 Å². The predicted octanol–water partition coefficient (Wildman–Crippen LogP) is 4.63. The number of urea groups is 1. The minimum Gasteiger partial charge on any atom is -0.399 e. The number of nitrogens with zero attached hydrogens (tertiary/aromatic N) is 2. The maximum absolute atomic E-state index is 12.7. The summed E-state index contributed by atoms with van der Waals surface area (Å²) in [5, 5.41) is 9.28. The summed E-state index contributed by atoms with van der Waals surface area (Å²) in [6.07, 6.45) is 4.05. The van der Waals surface area contributed by atoms with Crippen LogP contribution in [0, 0.1) is 0 Å². The Kier molecular flexibility index (Phi) is 6.06. The highest BCUT2D eigenvalue weighted by atomic mass is 32.2. The second-order valence-corrected chi connectivity index (χ2v) is 7.51. The molecule has 0 spiro atoms. The number of nitrogen functional groups attached to an aromatic ring is 1. The third-order valence-electron chi connectivity index (χ3n) is 4.74. The normalized spacial score (nSPS) is 15.9. The van der Waals surface area contributed by atoms with Crippen molar-refractivity contribution < 1.29 is 4.79 Å². The van der Waals surface area contributed by atoms with Gasteiger partial charge in [-0.25, -0.2) is 9.80 Å². The molecular weight excluding hydrogens is 356 g/mol. The van der Waals surface area contributed by atoms with E-state index in [0.29, 0.717) is 12.2 Å². The monoisotopic (exact) mass is 382 g/mol. The smallest absolute Gasteiger partial charge is 0.338 e. The molecule has 0 radical (unpaired) electrons. The molecule has 1 atom stereocenters. The van der Waals surface area contributed by atoms with Gasteiger partial charge < -0.3 is 11.1 Å². The topological polar surface area (TPSA) is 70.7 Å². The van der Waals surface area contributed by atoms with Gasteiger partial charge in [-0.1, -0.05) is 31.5 Å². The predicted molar refractivity (Wildman–Crippen MR) is 113 cm³/mol. The Bertz CT molecular complexity index is 848. The fraction of sp³-hybridized carbons (Fsp3) is 0.333. The van der Waals surface area contributed by atoms with E-state index >= 15 is 0 Å². The minimum atomic E-state index is -0.163. The second-order valence-electron chi connectivity index (χ2n) is 6.63. The van der Waals surface area contributed by atoms with Gasteiger partial charge in [0.15, 0.2) is 0 Å². The van der Waals surface area contributed by atoms with Crippen LogP contribution >= 0.6 is 11.8 Å². The lowest BCUT2D eigenvalue weighted by Crippen LogP contribution is -2.41. The molecule has 0 bridgehead atoms. The van der Waals surface area contributed by atoms with Crippen LogP contribution in [0.4, 0.5) is 10.5 Å². The number of hydrazone groups is 1. The SMILES string of the molecule is CCCCNC(=O)N1N=C(c2ccc(N)cc2)c2cc(SC)ccc2C1C. The van der Waals surface area contributed by atoms with E-state index in [9.17, 15) is 4.79 Å². The molecule has 0 saturated heterocycles.